The first-order valence-electron chi connectivity index (χ1n) is 11.1. The molecule has 1 aliphatic heterocycles. The summed E-state index contributed by atoms with van der Waals surface area (Å²) in [4.78, 5) is 16.4. The number of pyridine rings is 1. The Morgan fingerprint density at radius 3 is 2.65 bits per heavy atom. The number of para-hydroxylation sites is 2. The molecule has 31 heavy (non-hydrogen) atoms. The van der Waals surface area contributed by atoms with Crippen molar-refractivity contribution in [2.45, 2.75) is 52.0 Å². The van der Waals surface area contributed by atoms with Gasteiger partial charge in [0.15, 0.2) is 5.82 Å². The van der Waals surface area contributed by atoms with Gasteiger partial charge in [0.1, 0.15) is 11.6 Å². The Morgan fingerprint density at radius 2 is 1.90 bits per heavy atom. The summed E-state index contributed by atoms with van der Waals surface area (Å²) in [6, 6.07) is 12.9. The molecule has 0 unspecified atom stereocenters. The van der Waals surface area contributed by atoms with Crippen LogP contribution in [0.5, 0.6) is 0 Å². The van der Waals surface area contributed by atoms with Crippen LogP contribution in [-0.4, -0.2) is 37.8 Å². The van der Waals surface area contributed by atoms with Crippen LogP contribution < -0.4 is 4.90 Å². The summed E-state index contributed by atoms with van der Waals surface area (Å²) in [5.74, 6) is 3.67. The number of piperidine rings is 1. The van der Waals surface area contributed by atoms with E-state index in [9.17, 15) is 0 Å². The zero-order chi connectivity index (χ0) is 21.4. The van der Waals surface area contributed by atoms with E-state index >= 15 is 0 Å². The predicted octanol–water partition coefficient (Wildman–Crippen LogP) is 5.01. The van der Waals surface area contributed by atoms with Gasteiger partial charge in [-0.05, 0) is 37.1 Å². The molecule has 4 heterocycles. The Morgan fingerprint density at radius 1 is 1.10 bits per heavy atom. The number of hydrogen-bond acceptors (Lipinski definition) is 6. The van der Waals surface area contributed by atoms with Crippen LogP contribution in [0, 0.1) is 0 Å². The Bertz CT molecular complexity index is 1190. The van der Waals surface area contributed by atoms with Crippen LogP contribution in [0.4, 0.5) is 5.82 Å². The maximum atomic E-state index is 5.47. The highest BCUT2D eigenvalue weighted by atomic mass is 16.5. The highest BCUT2D eigenvalue weighted by Crippen LogP contribution is 2.31. The number of aryl methyl sites for hydroxylation is 1. The molecule has 1 fully saturated rings. The molecule has 1 aliphatic rings. The summed E-state index contributed by atoms with van der Waals surface area (Å²) >= 11 is 0. The molecule has 3 aromatic heterocycles. The minimum atomic E-state index is 0.241. The van der Waals surface area contributed by atoms with Crippen molar-refractivity contribution >= 4 is 16.9 Å². The summed E-state index contributed by atoms with van der Waals surface area (Å²) in [6.07, 6.45) is 4.91. The van der Waals surface area contributed by atoms with Crippen molar-refractivity contribution in [2.75, 3.05) is 18.0 Å². The lowest BCUT2D eigenvalue weighted by atomic mass is 10.0. The number of aromatic nitrogens is 5. The minimum Gasteiger partial charge on any atom is -0.356 e. The van der Waals surface area contributed by atoms with Crippen molar-refractivity contribution in [1.29, 1.82) is 0 Å². The Hall–Kier alpha value is -3.22. The second kappa shape index (κ2) is 8.13. The fraction of sp³-hybridized carbons (Fsp3) is 0.417. The number of hydrogen-bond donors (Lipinski definition) is 0. The number of fused-ring (bicyclic) bond motifs is 1. The van der Waals surface area contributed by atoms with Crippen molar-refractivity contribution in [3.8, 4) is 11.5 Å². The van der Waals surface area contributed by atoms with Gasteiger partial charge in [-0.15, -0.1) is 0 Å². The molecule has 0 N–H and O–H groups in total. The molecule has 7 heteroatoms. The fourth-order valence-corrected chi connectivity index (χ4v) is 4.42. The third-order valence-electron chi connectivity index (χ3n) is 6.09. The average molecular weight is 417 g/mol. The van der Waals surface area contributed by atoms with E-state index in [2.05, 4.69) is 75.7 Å². The van der Waals surface area contributed by atoms with Crippen molar-refractivity contribution in [1.82, 2.24) is 24.7 Å². The number of imidazole rings is 1. The van der Waals surface area contributed by atoms with Crippen molar-refractivity contribution in [2.24, 2.45) is 0 Å². The smallest absolute Gasteiger partial charge is 0.258 e. The molecule has 1 saturated heterocycles. The normalized spacial score (nSPS) is 15.3. The van der Waals surface area contributed by atoms with E-state index in [-0.39, 0.29) is 5.92 Å². The first-order chi connectivity index (χ1) is 15.1. The number of nitrogens with zero attached hydrogens (tertiary/aromatic N) is 6. The second-order valence-corrected chi connectivity index (χ2v) is 8.47. The molecular formula is C24H28N6O. The summed E-state index contributed by atoms with van der Waals surface area (Å²) in [5, 5.41) is 4.09. The van der Waals surface area contributed by atoms with Gasteiger partial charge in [0.2, 0.25) is 0 Å². The van der Waals surface area contributed by atoms with Gasteiger partial charge in [-0.1, -0.05) is 38.1 Å². The van der Waals surface area contributed by atoms with Crippen molar-refractivity contribution < 1.29 is 4.52 Å². The SMILES string of the molecule is CCc1nc2ccccc2n1C1CCN(c2cc(-c3nc(C(C)C)no3)ccn2)CC1. The van der Waals surface area contributed by atoms with Crippen LogP contribution in [0.3, 0.4) is 0 Å². The molecule has 7 nitrogen and oxygen atoms in total. The zero-order valence-electron chi connectivity index (χ0n) is 18.3. The van der Waals surface area contributed by atoms with Gasteiger partial charge in [0.25, 0.3) is 5.89 Å². The van der Waals surface area contributed by atoms with Crippen LogP contribution in [0.25, 0.3) is 22.5 Å². The molecule has 5 rings (SSSR count). The zero-order valence-corrected chi connectivity index (χ0v) is 18.3. The van der Waals surface area contributed by atoms with Gasteiger partial charge >= 0.3 is 0 Å². The van der Waals surface area contributed by atoms with E-state index in [4.69, 9.17) is 9.51 Å². The van der Waals surface area contributed by atoms with Gasteiger partial charge in [-0.25, -0.2) is 9.97 Å². The monoisotopic (exact) mass is 416 g/mol. The fourth-order valence-electron chi connectivity index (χ4n) is 4.42. The van der Waals surface area contributed by atoms with Crippen LogP contribution >= 0.6 is 0 Å². The van der Waals surface area contributed by atoms with E-state index in [0.29, 0.717) is 11.9 Å². The van der Waals surface area contributed by atoms with E-state index in [1.165, 1.54) is 11.3 Å². The maximum absolute atomic E-state index is 5.47. The largest absolute Gasteiger partial charge is 0.356 e. The van der Waals surface area contributed by atoms with Crippen LogP contribution in [0.15, 0.2) is 47.1 Å². The van der Waals surface area contributed by atoms with Crippen molar-refractivity contribution in [3.05, 3.63) is 54.2 Å². The minimum absolute atomic E-state index is 0.241. The lowest BCUT2D eigenvalue weighted by molar-refractivity contribution is 0.394. The maximum Gasteiger partial charge on any atom is 0.258 e. The average Bonchev–Trinajstić information content (AvgIpc) is 3.44. The van der Waals surface area contributed by atoms with Gasteiger partial charge in [-0.3, -0.25) is 0 Å². The summed E-state index contributed by atoms with van der Waals surface area (Å²) < 4.78 is 7.93. The molecule has 0 saturated carbocycles. The predicted molar refractivity (Wildman–Crippen MR) is 121 cm³/mol. The quantitative estimate of drug-likeness (QED) is 0.455. The molecular weight excluding hydrogens is 388 g/mol. The van der Waals surface area contributed by atoms with E-state index in [1.807, 2.05) is 12.3 Å². The van der Waals surface area contributed by atoms with Gasteiger partial charge in [-0.2, -0.15) is 4.98 Å². The Kier molecular flexibility index (Phi) is 5.18. The molecule has 4 aromatic rings. The van der Waals surface area contributed by atoms with Crippen LogP contribution in [-0.2, 0) is 6.42 Å². The highest BCUT2D eigenvalue weighted by molar-refractivity contribution is 5.76. The lowest BCUT2D eigenvalue weighted by Crippen LogP contribution is -2.35. The van der Waals surface area contributed by atoms with E-state index < -0.39 is 0 Å². The number of benzene rings is 1. The topological polar surface area (TPSA) is 72.9 Å². The van der Waals surface area contributed by atoms with Gasteiger partial charge in [0.05, 0.1) is 11.0 Å². The molecule has 0 spiro atoms. The van der Waals surface area contributed by atoms with Crippen LogP contribution in [0.2, 0.25) is 0 Å². The van der Waals surface area contributed by atoms with Gasteiger partial charge < -0.3 is 14.0 Å². The molecule has 0 radical (unpaired) electrons. The molecule has 0 aliphatic carbocycles. The molecule has 0 bridgehead atoms. The standard InChI is InChI=1S/C24H28N6O/c1-4-21-26-19-7-5-6-8-20(19)30(21)18-10-13-29(14-11-18)22-15-17(9-12-25-22)24-27-23(16(2)3)28-31-24/h5-9,12,15-16,18H,4,10-11,13-14H2,1-3H3. The summed E-state index contributed by atoms with van der Waals surface area (Å²) in [7, 11) is 0. The summed E-state index contributed by atoms with van der Waals surface area (Å²) in [6.45, 7) is 8.22. The number of anilines is 1. The second-order valence-electron chi connectivity index (χ2n) is 8.47. The van der Waals surface area contributed by atoms with Gasteiger partial charge in [0, 0.05) is 43.2 Å². The number of rotatable bonds is 5. The summed E-state index contributed by atoms with van der Waals surface area (Å²) in [5.41, 5.74) is 3.26. The Balaban J connectivity index is 1.34. The highest BCUT2D eigenvalue weighted by Gasteiger charge is 2.25. The third kappa shape index (κ3) is 3.69. The molecule has 0 amide bonds. The molecule has 0 atom stereocenters. The molecule has 1 aromatic carbocycles. The lowest BCUT2D eigenvalue weighted by Gasteiger charge is -2.34. The van der Waals surface area contributed by atoms with E-state index in [1.54, 1.807) is 0 Å². The third-order valence-corrected chi connectivity index (χ3v) is 6.09. The van der Waals surface area contributed by atoms with Crippen molar-refractivity contribution in [3.63, 3.8) is 0 Å². The van der Waals surface area contributed by atoms with E-state index in [0.717, 1.165) is 55.1 Å². The Labute approximate surface area is 182 Å². The molecule has 160 valence electrons. The first kappa shape index (κ1) is 19.7. The first-order valence-corrected chi connectivity index (χ1v) is 11.1. The van der Waals surface area contributed by atoms with Crippen LogP contribution in [0.1, 0.15) is 57.2 Å².